The van der Waals surface area contributed by atoms with Gasteiger partial charge in [0, 0.05) is 26.2 Å². The van der Waals surface area contributed by atoms with Crippen LogP contribution in [0.15, 0.2) is 6.20 Å². The molecule has 0 bridgehead atoms. The van der Waals surface area contributed by atoms with E-state index in [-0.39, 0.29) is 24.0 Å². The fourth-order valence-corrected chi connectivity index (χ4v) is 2.34. The van der Waals surface area contributed by atoms with Gasteiger partial charge in [0.25, 0.3) is 0 Å². The molecule has 2 heterocycles. The third-order valence-electron chi connectivity index (χ3n) is 3.56. The number of hydrogen-bond donors (Lipinski definition) is 0. The number of rotatable bonds is 5. The highest BCUT2D eigenvalue weighted by molar-refractivity contribution is 5.76. The second-order valence-electron chi connectivity index (χ2n) is 5.05. The summed E-state index contributed by atoms with van der Waals surface area (Å²) in [6.07, 6.45) is 0.767. The molecule has 0 N–H and O–H groups in total. The van der Waals surface area contributed by atoms with Crippen LogP contribution in [0.25, 0.3) is 0 Å². The van der Waals surface area contributed by atoms with Crippen molar-refractivity contribution in [3.63, 3.8) is 0 Å². The maximum atomic E-state index is 12.3. The molecule has 1 fully saturated rings. The molecule has 0 aromatic carbocycles. The molecule has 1 aromatic rings. The first-order valence-corrected chi connectivity index (χ1v) is 7.41. The topological polar surface area (TPSA) is 120 Å². The van der Waals surface area contributed by atoms with Gasteiger partial charge in [0.2, 0.25) is 5.91 Å². The summed E-state index contributed by atoms with van der Waals surface area (Å²) in [6.45, 7) is 3.41. The Morgan fingerprint density at radius 2 is 1.92 bits per heavy atom. The molecule has 2 rings (SSSR count). The molecule has 11 heteroatoms. The Labute approximate surface area is 137 Å². The largest absolute Gasteiger partial charge is 0.475 e. The first-order valence-electron chi connectivity index (χ1n) is 7.41. The van der Waals surface area contributed by atoms with E-state index >= 15 is 0 Å². The van der Waals surface area contributed by atoms with Crippen molar-refractivity contribution >= 4 is 17.7 Å². The molecule has 0 spiro atoms. The average Bonchev–Trinajstić information content (AvgIpc) is 2.98. The van der Waals surface area contributed by atoms with Gasteiger partial charge in [-0.05, 0) is 6.92 Å². The second kappa shape index (κ2) is 7.62. The minimum Gasteiger partial charge on any atom is -0.475 e. The number of amides is 2. The Balaban J connectivity index is 1.92. The molecule has 132 valence electrons. The van der Waals surface area contributed by atoms with E-state index in [1.54, 1.807) is 11.8 Å². The first kappa shape index (κ1) is 17.5. The van der Waals surface area contributed by atoms with Crippen LogP contribution in [0.5, 0.6) is 5.88 Å². The van der Waals surface area contributed by atoms with E-state index in [9.17, 15) is 19.7 Å². The monoisotopic (exact) mass is 341 g/mol. The zero-order chi connectivity index (χ0) is 17.7. The molecule has 0 atom stereocenters. The number of carbonyl (C=O) groups excluding carboxylic acids is 2. The smallest absolute Gasteiger partial charge is 0.409 e. The van der Waals surface area contributed by atoms with Crippen LogP contribution in [-0.2, 0) is 16.1 Å². The number of piperazine rings is 1. The lowest BCUT2D eigenvalue weighted by Crippen LogP contribution is -2.51. The highest BCUT2D eigenvalue weighted by atomic mass is 16.6. The molecule has 0 saturated carbocycles. The van der Waals surface area contributed by atoms with E-state index in [0.29, 0.717) is 32.8 Å². The lowest BCUT2D eigenvalue weighted by molar-refractivity contribution is -0.385. The van der Waals surface area contributed by atoms with Gasteiger partial charge in [0.05, 0.1) is 18.6 Å². The van der Waals surface area contributed by atoms with Crippen molar-refractivity contribution in [2.45, 2.75) is 13.5 Å². The van der Waals surface area contributed by atoms with E-state index in [1.807, 2.05) is 0 Å². The Kier molecular flexibility index (Phi) is 5.55. The van der Waals surface area contributed by atoms with Crippen LogP contribution in [-0.4, -0.2) is 76.4 Å². The Hall–Kier alpha value is -2.85. The highest BCUT2D eigenvalue weighted by Crippen LogP contribution is 2.23. The number of carbonyl (C=O) groups is 2. The summed E-state index contributed by atoms with van der Waals surface area (Å²) in [4.78, 5) is 37.2. The van der Waals surface area contributed by atoms with Gasteiger partial charge in [-0.15, -0.1) is 5.10 Å². The van der Waals surface area contributed by atoms with Crippen molar-refractivity contribution in [1.29, 1.82) is 0 Å². The number of hydrogen-bond acceptors (Lipinski definition) is 7. The van der Waals surface area contributed by atoms with Crippen LogP contribution < -0.4 is 4.74 Å². The summed E-state index contributed by atoms with van der Waals surface area (Å²) in [5.41, 5.74) is -0.294. The zero-order valence-electron chi connectivity index (χ0n) is 13.5. The molecule has 1 aliphatic rings. The average molecular weight is 341 g/mol. The van der Waals surface area contributed by atoms with Crippen molar-refractivity contribution in [3.8, 4) is 5.88 Å². The first-order chi connectivity index (χ1) is 11.5. The highest BCUT2D eigenvalue weighted by Gasteiger charge is 2.26. The van der Waals surface area contributed by atoms with Crippen molar-refractivity contribution in [2.24, 2.45) is 0 Å². The Morgan fingerprint density at radius 1 is 1.29 bits per heavy atom. The van der Waals surface area contributed by atoms with E-state index in [2.05, 4.69) is 5.10 Å². The van der Waals surface area contributed by atoms with Gasteiger partial charge in [-0.1, -0.05) is 0 Å². The standard InChI is InChI=1S/C13H19N5O6/c1-3-24-13(20)16-6-4-15(5-7-16)11(19)9-17-8-10(18(21)22)12(14-17)23-2/h8H,3-7,9H2,1-2H3. The molecule has 1 saturated heterocycles. The summed E-state index contributed by atoms with van der Waals surface area (Å²) in [5, 5.41) is 14.7. The number of ether oxygens (including phenoxy) is 2. The van der Waals surface area contributed by atoms with Gasteiger partial charge in [-0.25, -0.2) is 4.79 Å². The summed E-state index contributed by atoms with van der Waals surface area (Å²) >= 11 is 0. The molecule has 0 unspecified atom stereocenters. The van der Waals surface area contributed by atoms with Crippen molar-refractivity contribution in [2.75, 3.05) is 39.9 Å². The van der Waals surface area contributed by atoms with Gasteiger partial charge in [-0.3, -0.25) is 19.6 Å². The van der Waals surface area contributed by atoms with Gasteiger partial charge < -0.3 is 19.3 Å². The van der Waals surface area contributed by atoms with Gasteiger partial charge in [-0.2, -0.15) is 0 Å². The summed E-state index contributed by atoms with van der Waals surface area (Å²) in [7, 11) is 1.27. The SMILES string of the molecule is CCOC(=O)N1CCN(C(=O)Cn2cc([N+](=O)[O-])c(OC)n2)CC1. The minimum absolute atomic E-state index is 0.135. The zero-order valence-corrected chi connectivity index (χ0v) is 13.5. The maximum Gasteiger partial charge on any atom is 0.409 e. The molecule has 24 heavy (non-hydrogen) atoms. The number of nitrogens with zero attached hydrogens (tertiary/aromatic N) is 5. The molecular formula is C13H19N5O6. The van der Waals surface area contributed by atoms with Crippen LogP contribution in [0, 0.1) is 10.1 Å². The molecule has 0 aliphatic carbocycles. The van der Waals surface area contributed by atoms with Crippen molar-refractivity contribution in [1.82, 2.24) is 19.6 Å². The van der Waals surface area contributed by atoms with E-state index in [1.165, 1.54) is 16.7 Å². The van der Waals surface area contributed by atoms with Crippen LogP contribution in [0.1, 0.15) is 6.92 Å². The fourth-order valence-electron chi connectivity index (χ4n) is 2.34. The molecular weight excluding hydrogens is 322 g/mol. The normalized spacial score (nSPS) is 14.4. The third kappa shape index (κ3) is 3.91. The lowest BCUT2D eigenvalue weighted by atomic mass is 10.3. The van der Waals surface area contributed by atoms with Gasteiger partial charge in [0.15, 0.2) is 0 Å². The van der Waals surface area contributed by atoms with Crippen molar-refractivity contribution < 1.29 is 24.0 Å². The minimum atomic E-state index is -0.620. The van der Waals surface area contributed by atoms with E-state index in [0.717, 1.165) is 6.20 Å². The van der Waals surface area contributed by atoms with E-state index < -0.39 is 11.0 Å². The van der Waals surface area contributed by atoms with Gasteiger partial charge in [0.1, 0.15) is 12.7 Å². The Morgan fingerprint density at radius 3 is 2.42 bits per heavy atom. The molecule has 1 aromatic heterocycles. The molecule has 11 nitrogen and oxygen atoms in total. The summed E-state index contributed by atoms with van der Waals surface area (Å²) < 4.78 is 10.9. The summed E-state index contributed by atoms with van der Waals surface area (Å²) in [6, 6.07) is 0. The number of aromatic nitrogens is 2. The van der Waals surface area contributed by atoms with Crippen molar-refractivity contribution in [3.05, 3.63) is 16.3 Å². The van der Waals surface area contributed by atoms with Crippen LogP contribution in [0.4, 0.5) is 10.5 Å². The van der Waals surface area contributed by atoms with Crippen LogP contribution in [0.3, 0.4) is 0 Å². The predicted octanol–water partition coefficient (Wildman–Crippen LogP) is 0.101. The molecule has 2 amide bonds. The van der Waals surface area contributed by atoms with Crippen LogP contribution in [0.2, 0.25) is 0 Å². The molecule has 1 aliphatic heterocycles. The maximum absolute atomic E-state index is 12.3. The lowest BCUT2D eigenvalue weighted by Gasteiger charge is -2.34. The summed E-state index contributed by atoms with van der Waals surface area (Å²) in [5.74, 6) is -0.376. The van der Waals surface area contributed by atoms with Crippen LogP contribution >= 0.6 is 0 Å². The van der Waals surface area contributed by atoms with Gasteiger partial charge >= 0.3 is 17.7 Å². The molecule has 0 radical (unpaired) electrons. The second-order valence-corrected chi connectivity index (χ2v) is 5.05. The van der Waals surface area contributed by atoms with E-state index in [4.69, 9.17) is 9.47 Å². The number of nitro groups is 1. The third-order valence-corrected chi connectivity index (χ3v) is 3.56. The Bertz CT molecular complexity index is 622. The quantitative estimate of drug-likeness (QED) is 0.550. The predicted molar refractivity (Wildman–Crippen MR) is 80.6 cm³/mol. The number of methoxy groups -OCH3 is 1. The fraction of sp³-hybridized carbons (Fsp3) is 0.615.